The molecule has 0 fully saturated rings. The van der Waals surface area contributed by atoms with E-state index in [0.717, 1.165) is 0 Å². The Morgan fingerprint density at radius 2 is 0.620 bits per heavy atom. The third kappa shape index (κ3) is 5.90. The van der Waals surface area contributed by atoms with Crippen molar-refractivity contribution in [3.8, 4) is 11.5 Å². The number of benzene rings is 2. The summed E-state index contributed by atoms with van der Waals surface area (Å²) in [6.07, 6.45) is 0. The van der Waals surface area contributed by atoms with Crippen LogP contribution in [0.5, 0.6) is 11.5 Å². The highest BCUT2D eigenvalue weighted by Crippen LogP contribution is 2.66. The van der Waals surface area contributed by atoms with E-state index in [2.05, 4.69) is 9.47 Å². The first-order valence-electron chi connectivity index (χ1n) is 13.9. The molecule has 0 aliphatic rings. The summed E-state index contributed by atoms with van der Waals surface area (Å²) in [6, 6.07) is -0.399. The summed E-state index contributed by atoms with van der Waals surface area (Å²) in [6.45, 7) is 7.27. The van der Waals surface area contributed by atoms with Gasteiger partial charge in [-0.05, 0) is 46.2 Å². The highest BCUT2D eigenvalue weighted by atomic mass is 19.4. The molecule has 0 aliphatic heterocycles. The van der Waals surface area contributed by atoms with Crippen LogP contribution >= 0.6 is 0 Å². The Bertz CT molecular complexity index is 1480. The summed E-state index contributed by atoms with van der Waals surface area (Å²) in [7, 11) is 1.42. The van der Waals surface area contributed by atoms with Crippen molar-refractivity contribution in [3.05, 3.63) is 46.5 Å². The van der Waals surface area contributed by atoms with Crippen molar-refractivity contribution in [2.24, 2.45) is 0 Å². The van der Waals surface area contributed by atoms with Crippen LogP contribution in [-0.2, 0) is 22.7 Å². The highest BCUT2D eigenvalue weighted by molar-refractivity contribution is 5.64. The largest absolute Gasteiger partial charge is 0.495 e. The molecule has 4 nitrogen and oxygen atoms in total. The molecule has 0 aliphatic carbocycles. The van der Waals surface area contributed by atoms with Gasteiger partial charge in [0.1, 0.15) is 11.5 Å². The number of nitrogen functional groups attached to an aromatic ring is 2. The van der Waals surface area contributed by atoms with Crippen molar-refractivity contribution in [2.45, 2.75) is 99.8 Å². The Hall–Kier alpha value is -3.48. The third-order valence-corrected chi connectivity index (χ3v) is 7.83. The summed E-state index contributed by atoms with van der Waals surface area (Å²) in [5, 5.41) is 0. The number of anilines is 2. The van der Waals surface area contributed by atoms with Gasteiger partial charge >= 0.3 is 47.4 Å². The van der Waals surface area contributed by atoms with E-state index in [4.69, 9.17) is 11.5 Å². The Morgan fingerprint density at radius 3 is 0.820 bits per heavy atom. The smallest absolute Gasteiger partial charge is 0.385 e. The molecule has 0 aromatic heterocycles. The first-order chi connectivity index (χ1) is 21.9. The second kappa shape index (κ2) is 12.1. The van der Waals surface area contributed by atoms with Gasteiger partial charge in [-0.15, -0.1) is 0 Å². The van der Waals surface area contributed by atoms with Gasteiger partial charge in [-0.2, -0.15) is 70.2 Å². The van der Waals surface area contributed by atoms with E-state index >= 15 is 17.6 Å². The average molecular weight is 757 g/mol. The fraction of sp³-hybridized carbons (Fsp3) is 0.600. The molecule has 2 aromatic carbocycles. The van der Waals surface area contributed by atoms with Crippen LogP contribution in [0, 0.1) is 0 Å². The number of rotatable bonds is 11. The zero-order valence-electron chi connectivity index (χ0n) is 27.3. The van der Waals surface area contributed by atoms with Crippen LogP contribution in [0.1, 0.15) is 63.8 Å². The van der Waals surface area contributed by atoms with Gasteiger partial charge in [-0.3, -0.25) is 0 Å². The normalized spacial score (nSPS) is 15.0. The molecular weight excluding hydrogens is 724 g/mol. The van der Waals surface area contributed by atoms with Gasteiger partial charge in [0.15, 0.2) is 0 Å². The number of halogens is 16. The minimum absolute atomic E-state index is 0.0197. The average Bonchev–Trinajstić information content (AvgIpc) is 2.95. The zero-order valence-corrected chi connectivity index (χ0v) is 27.3. The maximum Gasteiger partial charge on any atom is 0.385 e. The van der Waals surface area contributed by atoms with E-state index < -0.39 is 103 Å². The molecule has 0 unspecified atom stereocenters. The predicted octanol–water partition coefficient (Wildman–Crippen LogP) is 10.2. The van der Waals surface area contributed by atoms with Crippen LogP contribution in [-0.4, -0.2) is 49.8 Å². The molecule has 0 heterocycles. The van der Waals surface area contributed by atoms with Gasteiger partial charge in [0.25, 0.3) is 0 Å². The van der Waals surface area contributed by atoms with E-state index in [1.165, 1.54) is 41.5 Å². The third-order valence-electron chi connectivity index (χ3n) is 7.83. The van der Waals surface area contributed by atoms with Gasteiger partial charge in [0, 0.05) is 11.1 Å². The minimum Gasteiger partial charge on any atom is -0.495 e. The monoisotopic (exact) mass is 756 g/mol. The van der Waals surface area contributed by atoms with Crippen LogP contribution in [0.3, 0.4) is 0 Å². The van der Waals surface area contributed by atoms with Crippen molar-refractivity contribution < 1.29 is 79.7 Å². The van der Waals surface area contributed by atoms with Crippen LogP contribution in [0.4, 0.5) is 81.6 Å². The second-order valence-corrected chi connectivity index (χ2v) is 13.4. The topological polar surface area (TPSA) is 70.5 Å². The summed E-state index contributed by atoms with van der Waals surface area (Å²) >= 11 is 0. The number of methoxy groups -OCH3 is 2. The quantitative estimate of drug-likeness (QED) is 0.177. The number of alkyl halides is 16. The van der Waals surface area contributed by atoms with Crippen molar-refractivity contribution in [1.82, 2.24) is 0 Å². The first-order valence-corrected chi connectivity index (χ1v) is 13.9. The second-order valence-electron chi connectivity index (χ2n) is 13.4. The molecule has 0 amide bonds. The SMILES string of the molecule is COc1cc(C(F)(F)C(F)(F)C(F)(F)C(F)(F)C(F)(F)C(F)(F)C(F)(F)C(F)(F)c2cc(OC)c(N)c(C(C)(C)C)c2)cc(C(C)(C)C)c1N. The van der Waals surface area contributed by atoms with Crippen molar-refractivity contribution in [1.29, 1.82) is 0 Å². The van der Waals surface area contributed by atoms with Crippen LogP contribution in [0.25, 0.3) is 0 Å². The Balaban J connectivity index is 2.84. The molecule has 0 atom stereocenters. The minimum atomic E-state index is -8.60. The Kier molecular flexibility index (Phi) is 10.3. The molecule has 0 saturated carbocycles. The first kappa shape index (κ1) is 42.7. The van der Waals surface area contributed by atoms with E-state index in [0.29, 0.717) is 14.2 Å². The molecule has 50 heavy (non-hydrogen) atoms. The molecule has 20 heteroatoms. The molecule has 0 bridgehead atoms. The Morgan fingerprint density at radius 1 is 0.400 bits per heavy atom. The molecule has 2 rings (SSSR count). The summed E-state index contributed by atoms with van der Waals surface area (Å²) in [5.41, 5.74) is 1.63. The molecular formula is C30H32F16N2O2. The zero-order chi connectivity index (χ0) is 39.9. The maximum atomic E-state index is 15.2. The van der Waals surface area contributed by atoms with E-state index in [1.807, 2.05) is 0 Å². The molecule has 0 radical (unpaired) electrons. The summed E-state index contributed by atoms with van der Waals surface area (Å²) in [4.78, 5) is 0. The van der Waals surface area contributed by atoms with Gasteiger partial charge in [-0.25, -0.2) is 0 Å². The lowest BCUT2D eigenvalue weighted by Crippen LogP contribution is -2.74. The predicted molar refractivity (Wildman–Crippen MR) is 150 cm³/mol. The number of nitrogens with two attached hydrogens (primary N) is 2. The van der Waals surface area contributed by atoms with Gasteiger partial charge in [0.05, 0.1) is 25.6 Å². The number of hydrogen-bond donors (Lipinski definition) is 2. The van der Waals surface area contributed by atoms with Gasteiger partial charge in [-0.1, -0.05) is 41.5 Å². The Labute approximate surface area is 275 Å². The summed E-state index contributed by atoms with van der Waals surface area (Å²) < 4.78 is 248. The van der Waals surface area contributed by atoms with Gasteiger partial charge in [0.2, 0.25) is 0 Å². The number of ether oxygens (including phenoxy) is 2. The lowest BCUT2D eigenvalue weighted by atomic mass is 9.81. The molecule has 0 spiro atoms. The van der Waals surface area contributed by atoms with Crippen molar-refractivity contribution >= 4 is 11.4 Å². The van der Waals surface area contributed by atoms with Crippen LogP contribution in [0.2, 0.25) is 0 Å². The highest BCUT2D eigenvalue weighted by Gasteiger charge is 2.95. The van der Waals surface area contributed by atoms with Crippen molar-refractivity contribution in [2.75, 3.05) is 25.7 Å². The summed E-state index contributed by atoms with van der Waals surface area (Å²) in [5.74, 6) is -64.9. The maximum absolute atomic E-state index is 15.2. The fourth-order valence-electron chi connectivity index (χ4n) is 4.74. The lowest BCUT2D eigenvalue weighted by molar-refractivity contribution is -0.456. The van der Waals surface area contributed by atoms with Gasteiger partial charge < -0.3 is 20.9 Å². The number of hydrogen-bond acceptors (Lipinski definition) is 4. The molecule has 0 saturated heterocycles. The van der Waals surface area contributed by atoms with E-state index in [-0.39, 0.29) is 24.3 Å². The fourth-order valence-corrected chi connectivity index (χ4v) is 4.74. The van der Waals surface area contributed by atoms with Crippen molar-refractivity contribution in [3.63, 3.8) is 0 Å². The molecule has 286 valence electrons. The van der Waals surface area contributed by atoms with E-state index in [1.54, 1.807) is 0 Å². The molecule has 2 aromatic rings. The van der Waals surface area contributed by atoms with E-state index in [9.17, 15) is 52.7 Å². The van der Waals surface area contributed by atoms with Crippen LogP contribution in [0.15, 0.2) is 24.3 Å². The standard InChI is InChI=1S/C30H32F16N2O2/c1-21(2,3)15-9-13(11-17(49-7)19(15)47)23(31,32)25(35,36)27(39,40)29(43,44)30(45,46)28(41,42)26(37,38)24(33,34)14-10-16(22(4,5)6)20(48)18(12-14)50-8/h9-12H,47-48H2,1-8H3. The molecule has 4 N–H and O–H groups in total. The lowest BCUT2D eigenvalue weighted by Gasteiger charge is -2.44. The van der Waals surface area contributed by atoms with Crippen LogP contribution < -0.4 is 20.9 Å².